The molecule has 0 saturated carbocycles. The van der Waals surface area contributed by atoms with E-state index >= 15 is 0 Å². The van der Waals surface area contributed by atoms with Gasteiger partial charge in [-0.2, -0.15) is 5.10 Å². The van der Waals surface area contributed by atoms with Gasteiger partial charge >= 0.3 is 0 Å². The number of benzene rings is 2. The second kappa shape index (κ2) is 7.61. The van der Waals surface area contributed by atoms with Gasteiger partial charge in [-0.15, -0.1) is 0 Å². The second-order valence-electron chi connectivity index (χ2n) is 4.57. The maximum Gasteiger partial charge on any atom is 0.277 e. The fourth-order valence-corrected chi connectivity index (χ4v) is 2.28. The van der Waals surface area contributed by atoms with E-state index in [1.165, 1.54) is 6.21 Å². The molecule has 22 heavy (non-hydrogen) atoms. The number of aromatic hydroxyl groups is 1. The van der Waals surface area contributed by atoms with Crippen molar-refractivity contribution in [1.29, 1.82) is 0 Å². The maximum absolute atomic E-state index is 11.6. The van der Waals surface area contributed by atoms with Crippen LogP contribution in [-0.4, -0.2) is 23.8 Å². The zero-order valence-electron chi connectivity index (χ0n) is 11.9. The molecule has 2 aromatic rings. The summed E-state index contributed by atoms with van der Waals surface area (Å²) < 4.78 is 6.19. The van der Waals surface area contributed by atoms with Crippen molar-refractivity contribution < 1.29 is 14.6 Å². The summed E-state index contributed by atoms with van der Waals surface area (Å²) in [5.74, 6) is 0.296. The Morgan fingerprint density at radius 2 is 2.14 bits per heavy atom. The molecular formula is C16H15BrN2O3. The first-order valence-corrected chi connectivity index (χ1v) is 7.34. The minimum Gasteiger partial charge on any atom is -0.507 e. The normalized spacial score (nSPS) is 10.6. The lowest BCUT2D eigenvalue weighted by Crippen LogP contribution is -2.24. The molecule has 1 amide bonds. The molecule has 6 heteroatoms. The third kappa shape index (κ3) is 4.60. The standard InChI is InChI=1S/C16H15BrN2O3/c1-11-6-7-15(13(17)8-11)22-10-16(21)19-18-9-12-4-2-3-5-14(12)20/h2-9,20H,10H2,1H3,(H,19,21)/b18-9+. The Bertz CT molecular complexity index is 702. The topological polar surface area (TPSA) is 70.9 Å². The van der Waals surface area contributed by atoms with Crippen LogP contribution in [0.4, 0.5) is 0 Å². The quantitative estimate of drug-likeness (QED) is 0.634. The fourth-order valence-electron chi connectivity index (χ4n) is 1.67. The molecule has 0 aromatic heterocycles. The highest BCUT2D eigenvalue weighted by atomic mass is 79.9. The van der Waals surface area contributed by atoms with Crippen LogP contribution >= 0.6 is 15.9 Å². The molecule has 0 fully saturated rings. The first kappa shape index (κ1) is 16.0. The Balaban J connectivity index is 1.84. The fraction of sp³-hybridized carbons (Fsp3) is 0.125. The zero-order valence-corrected chi connectivity index (χ0v) is 13.5. The predicted molar refractivity (Wildman–Crippen MR) is 88.2 cm³/mol. The monoisotopic (exact) mass is 362 g/mol. The van der Waals surface area contributed by atoms with Gasteiger partial charge in [0.2, 0.25) is 0 Å². The van der Waals surface area contributed by atoms with Crippen molar-refractivity contribution in [1.82, 2.24) is 5.43 Å². The van der Waals surface area contributed by atoms with Gasteiger partial charge in [0.1, 0.15) is 11.5 Å². The summed E-state index contributed by atoms with van der Waals surface area (Å²) in [7, 11) is 0. The van der Waals surface area contributed by atoms with E-state index in [1.54, 1.807) is 30.3 Å². The summed E-state index contributed by atoms with van der Waals surface area (Å²) >= 11 is 3.37. The van der Waals surface area contributed by atoms with Crippen LogP contribution in [0.25, 0.3) is 0 Å². The number of halogens is 1. The highest BCUT2D eigenvalue weighted by Crippen LogP contribution is 2.25. The summed E-state index contributed by atoms with van der Waals surface area (Å²) in [5, 5.41) is 13.3. The molecule has 0 aliphatic carbocycles. The number of rotatable bonds is 5. The van der Waals surface area contributed by atoms with Crippen molar-refractivity contribution in [3.05, 3.63) is 58.1 Å². The molecule has 2 N–H and O–H groups in total. The minimum atomic E-state index is -0.390. The average molecular weight is 363 g/mol. The SMILES string of the molecule is Cc1ccc(OCC(=O)N/N=C/c2ccccc2O)c(Br)c1. The van der Waals surface area contributed by atoms with Crippen molar-refractivity contribution >= 4 is 28.1 Å². The number of hydrogen-bond acceptors (Lipinski definition) is 4. The molecule has 0 radical (unpaired) electrons. The predicted octanol–water partition coefficient (Wildman–Crippen LogP) is 2.99. The molecular weight excluding hydrogens is 348 g/mol. The van der Waals surface area contributed by atoms with E-state index in [1.807, 2.05) is 19.1 Å². The van der Waals surface area contributed by atoms with Gasteiger partial charge in [0.05, 0.1) is 10.7 Å². The van der Waals surface area contributed by atoms with Crippen molar-refractivity contribution in [3.63, 3.8) is 0 Å². The molecule has 0 heterocycles. The highest BCUT2D eigenvalue weighted by molar-refractivity contribution is 9.10. The molecule has 2 rings (SSSR count). The van der Waals surface area contributed by atoms with Crippen molar-refractivity contribution in [2.45, 2.75) is 6.92 Å². The van der Waals surface area contributed by atoms with Gasteiger partial charge in [-0.05, 0) is 52.7 Å². The number of nitrogens with one attached hydrogen (secondary N) is 1. The van der Waals surface area contributed by atoms with Gasteiger partial charge in [0.15, 0.2) is 6.61 Å². The lowest BCUT2D eigenvalue weighted by atomic mass is 10.2. The van der Waals surface area contributed by atoms with Gasteiger partial charge in [-0.1, -0.05) is 18.2 Å². The van der Waals surface area contributed by atoms with Crippen molar-refractivity contribution in [2.75, 3.05) is 6.61 Å². The maximum atomic E-state index is 11.6. The molecule has 5 nitrogen and oxygen atoms in total. The zero-order chi connectivity index (χ0) is 15.9. The van der Waals surface area contributed by atoms with Gasteiger partial charge in [0, 0.05) is 5.56 Å². The first-order chi connectivity index (χ1) is 10.6. The number of carbonyl (C=O) groups excluding carboxylic acids is 1. The Labute approximate surface area is 136 Å². The summed E-state index contributed by atoms with van der Waals surface area (Å²) in [5.41, 5.74) is 3.95. The summed E-state index contributed by atoms with van der Waals surface area (Å²) in [6.45, 7) is 1.81. The van der Waals surface area contributed by atoms with E-state index in [0.29, 0.717) is 11.3 Å². The molecule has 114 valence electrons. The smallest absolute Gasteiger partial charge is 0.277 e. The number of carbonyl (C=O) groups is 1. The number of ether oxygens (including phenoxy) is 1. The molecule has 2 aromatic carbocycles. The van der Waals surface area contributed by atoms with Gasteiger partial charge < -0.3 is 9.84 Å². The number of para-hydroxylation sites is 1. The van der Waals surface area contributed by atoms with E-state index in [9.17, 15) is 9.90 Å². The number of aryl methyl sites for hydroxylation is 1. The molecule has 0 unspecified atom stereocenters. The van der Waals surface area contributed by atoms with E-state index in [4.69, 9.17) is 4.74 Å². The second-order valence-corrected chi connectivity index (χ2v) is 5.43. The Kier molecular flexibility index (Phi) is 5.55. The number of phenols is 1. The van der Waals surface area contributed by atoms with Gasteiger partial charge in [-0.3, -0.25) is 4.79 Å². The average Bonchev–Trinajstić information content (AvgIpc) is 2.48. The van der Waals surface area contributed by atoms with Crippen LogP contribution in [0, 0.1) is 6.92 Å². The number of phenolic OH excluding ortho intramolecular Hbond substituents is 1. The molecule has 0 bridgehead atoms. The minimum absolute atomic E-state index is 0.0975. The summed E-state index contributed by atoms with van der Waals surface area (Å²) in [6.07, 6.45) is 1.37. The highest BCUT2D eigenvalue weighted by Gasteiger charge is 2.05. The number of nitrogens with zero attached hydrogens (tertiary/aromatic N) is 1. The van der Waals surface area contributed by atoms with Crippen LogP contribution in [0.15, 0.2) is 52.0 Å². The lowest BCUT2D eigenvalue weighted by Gasteiger charge is -2.07. The van der Waals surface area contributed by atoms with Crippen LogP contribution in [0.5, 0.6) is 11.5 Å². The van der Waals surface area contributed by atoms with E-state index < -0.39 is 0 Å². The Morgan fingerprint density at radius 1 is 1.36 bits per heavy atom. The van der Waals surface area contributed by atoms with Gasteiger partial charge in [-0.25, -0.2) is 5.43 Å². The third-order valence-electron chi connectivity index (χ3n) is 2.78. The Morgan fingerprint density at radius 3 is 2.86 bits per heavy atom. The number of hydrazone groups is 1. The molecule has 0 aliphatic rings. The lowest BCUT2D eigenvalue weighted by molar-refractivity contribution is -0.123. The van der Waals surface area contributed by atoms with Gasteiger partial charge in [0.25, 0.3) is 5.91 Å². The number of amides is 1. The molecule has 0 spiro atoms. The van der Waals surface area contributed by atoms with Crippen LogP contribution in [-0.2, 0) is 4.79 Å². The number of hydrogen-bond donors (Lipinski definition) is 2. The largest absolute Gasteiger partial charge is 0.507 e. The van der Waals surface area contributed by atoms with E-state index in [2.05, 4.69) is 26.5 Å². The van der Waals surface area contributed by atoms with E-state index in [-0.39, 0.29) is 18.3 Å². The van der Waals surface area contributed by atoms with Crippen LogP contribution in [0.2, 0.25) is 0 Å². The summed E-state index contributed by atoms with van der Waals surface area (Å²) in [6, 6.07) is 12.3. The first-order valence-electron chi connectivity index (χ1n) is 6.55. The van der Waals surface area contributed by atoms with Crippen LogP contribution < -0.4 is 10.2 Å². The third-order valence-corrected chi connectivity index (χ3v) is 3.40. The Hall–Kier alpha value is -2.34. The van der Waals surface area contributed by atoms with E-state index in [0.717, 1.165) is 10.0 Å². The molecule has 0 aliphatic heterocycles. The van der Waals surface area contributed by atoms with Crippen molar-refractivity contribution in [3.8, 4) is 11.5 Å². The molecule has 0 saturated heterocycles. The van der Waals surface area contributed by atoms with Crippen LogP contribution in [0.3, 0.4) is 0 Å². The molecule has 0 atom stereocenters. The van der Waals surface area contributed by atoms with Crippen molar-refractivity contribution in [2.24, 2.45) is 5.10 Å². The summed E-state index contributed by atoms with van der Waals surface area (Å²) in [4.78, 5) is 11.6. The van der Waals surface area contributed by atoms with Crippen LogP contribution in [0.1, 0.15) is 11.1 Å².